The third-order valence-electron chi connectivity index (χ3n) is 5.25. The fourth-order valence-electron chi connectivity index (χ4n) is 3.96. The average Bonchev–Trinajstić information content (AvgIpc) is 3.28. The number of benzene rings is 1. The summed E-state index contributed by atoms with van der Waals surface area (Å²) in [6.45, 7) is 4.55. The van der Waals surface area contributed by atoms with E-state index >= 15 is 0 Å². The number of sulfonamides is 1. The van der Waals surface area contributed by atoms with Crippen LogP contribution in [0.2, 0.25) is 0 Å². The Morgan fingerprint density at radius 2 is 2.12 bits per heavy atom. The van der Waals surface area contributed by atoms with Crippen molar-refractivity contribution in [3.63, 3.8) is 0 Å². The van der Waals surface area contributed by atoms with E-state index < -0.39 is 10.0 Å². The van der Waals surface area contributed by atoms with Crippen molar-refractivity contribution in [1.82, 2.24) is 4.72 Å². The molecule has 138 valence electrons. The highest BCUT2D eigenvalue weighted by Crippen LogP contribution is 2.51. The van der Waals surface area contributed by atoms with Crippen LogP contribution in [0.15, 0.2) is 47.4 Å². The summed E-state index contributed by atoms with van der Waals surface area (Å²) in [6.07, 6.45) is 6.27. The van der Waals surface area contributed by atoms with Crippen LogP contribution in [0.25, 0.3) is 0 Å². The molecular weight excluding hydrogens is 364 g/mol. The van der Waals surface area contributed by atoms with Crippen LogP contribution < -0.4 is 10.0 Å². The molecule has 2 N–H and O–H groups in total. The first-order valence-corrected chi connectivity index (χ1v) is 11.4. The van der Waals surface area contributed by atoms with Crippen LogP contribution in [0.4, 0.5) is 5.69 Å². The van der Waals surface area contributed by atoms with E-state index in [9.17, 15) is 8.42 Å². The molecule has 0 bridgehead atoms. The molecule has 0 radical (unpaired) electrons. The van der Waals surface area contributed by atoms with Crippen molar-refractivity contribution in [2.24, 2.45) is 5.92 Å². The highest BCUT2D eigenvalue weighted by atomic mass is 32.2. The molecule has 6 heteroatoms. The number of hydrogen-bond donors (Lipinski definition) is 2. The molecule has 26 heavy (non-hydrogen) atoms. The molecule has 2 aliphatic rings. The fraction of sp³-hybridized carbons (Fsp3) is 0.400. The van der Waals surface area contributed by atoms with Crippen molar-refractivity contribution in [3.8, 4) is 0 Å². The summed E-state index contributed by atoms with van der Waals surface area (Å²) in [5.74, 6) is 0.696. The normalized spacial score (nSPS) is 24.2. The van der Waals surface area contributed by atoms with E-state index in [1.807, 2.05) is 30.4 Å². The van der Waals surface area contributed by atoms with Crippen molar-refractivity contribution < 1.29 is 8.42 Å². The lowest BCUT2D eigenvalue weighted by Crippen LogP contribution is -2.29. The Labute approximate surface area is 159 Å². The zero-order chi connectivity index (χ0) is 18.3. The number of aryl methyl sites for hydroxylation is 1. The van der Waals surface area contributed by atoms with E-state index in [-0.39, 0.29) is 12.0 Å². The summed E-state index contributed by atoms with van der Waals surface area (Å²) in [6, 6.07) is 10.1. The lowest BCUT2D eigenvalue weighted by atomic mass is 9.79. The second kappa shape index (κ2) is 6.83. The molecule has 0 spiro atoms. The Morgan fingerprint density at radius 3 is 2.85 bits per heavy atom. The van der Waals surface area contributed by atoms with Gasteiger partial charge in [0.1, 0.15) is 0 Å². The van der Waals surface area contributed by atoms with Crippen molar-refractivity contribution in [1.29, 1.82) is 0 Å². The lowest BCUT2D eigenvalue weighted by Gasteiger charge is -2.37. The molecule has 0 saturated carbocycles. The Bertz CT molecular complexity index is 946. The highest BCUT2D eigenvalue weighted by Gasteiger charge is 2.38. The molecule has 1 aliphatic heterocycles. The van der Waals surface area contributed by atoms with Gasteiger partial charge in [-0.15, -0.1) is 11.3 Å². The fourth-order valence-corrected chi connectivity index (χ4v) is 6.14. The molecule has 3 unspecified atom stereocenters. The minimum atomic E-state index is -3.45. The van der Waals surface area contributed by atoms with E-state index in [1.54, 1.807) is 6.07 Å². The summed E-state index contributed by atoms with van der Waals surface area (Å²) in [4.78, 5) is 3.03. The minimum absolute atomic E-state index is 0.264. The van der Waals surface area contributed by atoms with E-state index in [0.717, 1.165) is 24.1 Å². The van der Waals surface area contributed by atoms with E-state index in [4.69, 9.17) is 0 Å². The monoisotopic (exact) mass is 388 g/mol. The van der Waals surface area contributed by atoms with Gasteiger partial charge < -0.3 is 5.32 Å². The number of hydrogen-bond acceptors (Lipinski definition) is 4. The van der Waals surface area contributed by atoms with Crippen molar-refractivity contribution in [2.75, 3.05) is 11.9 Å². The Hall–Kier alpha value is -1.63. The van der Waals surface area contributed by atoms with Gasteiger partial charge in [0.05, 0.1) is 10.9 Å². The second-order valence-electron chi connectivity index (χ2n) is 7.07. The summed E-state index contributed by atoms with van der Waals surface area (Å²) in [5, 5.41) is 3.68. The van der Waals surface area contributed by atoms with Gasteiger partial charge in [-0.05, 0) is 61.6 Å². The first-order chi connectivity index (χ1) is 12.5. The van der Waals surface area contributed by atoms with Gasteiger partial charge in [-0.3, -0.25) is 0 Å². The number of fused-ring (bicyclic) bond motifs is 3. The van der Waals surface area contributed by atoms with Gasteiger partial charge >= 0.3 is 0 Å². The largest absolute Gasteiger partial charge is 0.377 e. The molecule has 0 amide bonds. The van der Waals surface area contributed by atoms with Gasteiger partial charge in [-0.1, -0.05) is 19.1 Å². The SMILES string of the molecule is CCCNS(=O)(=O)c1ccc2c(c1)C1C=CCC1C(c1ccc(C)s1)N2. The predicted octanol–water partition coefficient (Wildman–Crippen LogP) is 4.57. The van der Waals surface area contributed by atoms with E-state index in [1.165, 1.54) is 9.75 Å². The minimum Gasteiger partial charge on any atom is -0.377 e. The molecule has 4 rings (SSSR count). The quantitative estimate of drug-likeness (QED) is 0.738. The zero-order valence-corrected chi connectivity index (χ0v) is 16.7. The number of allylic oxidation sites excluding steroid dienone is 2. The first-order valence-electron chi connectivity index (χ1n) is 9.13. The van der Waals surface area contributed by atoms with Crippen molar-refractivity contribution in [3.05, 3.63) is 57.8 Å². The molecule has 1 aromatic heterocycles. The number of rotatable bonds is 5. The Morgan fingerprint density at radius 1 is 1.27 bits per heavy atom. The maximum absolute atomic E-state index is 12.5. The molecule has 2 aromatic rings. The number of nitrogens with one attached hydrogen (secondary N) is 2. The third kappa shape index (κ3) is 3.10. The molecule has 0 saturated heterocycles. The average molecular weight is 389 g/mol. The molecule has 0 fully saturated rings. The summed E-state index contributed by atoms with van der Waals surface area (Å²) in [5.41, 5.74) is 2.14. The van der Waals surface area contributed by atoms with Crippen LogP contribution in [-0.2, 0) is 10.0 Å². The standard InChI is InChI=1S/C20H24N2O2S2/c1-3-11-21-26(23,24)14-8-9-18-17(12-14)15-5-4-6-16(15)20(22-18)19-10-7-13(2)25-19/h4-5,7-10,12,15-16,20-22H,3,6,11H2,1-2H3. The van der Waals surface area contributed by atoms with Gasteiger partial charge in [-0.2, -0.15) is 0 Å². The van der Waals surface area contributed by atoms with E-state index in [2.05, 4.69) is 41.2 Å². The van der Waals surface area contributed by atoms with Crippen LogP contribution in [0, 0.1) is 12.8 Å². The summed E-state index contributed by atoms with van der Waals surface area (Å²) < 4.78 is 27.7. The van der Waals surface area contributed by atoms with Crippen LogP contribution in [0.1, 0.15) is 47.0 Å². The van der Waals surface area contributed by atoms with Crippen molar-refractivity contribution in [2.45, 2.75) is 43.5 Å². The molecule has 4 nitrogen and oxygen atoms in total. The smallest absolute Gasteiger partial charge is 0.240 e. The van der Waals surface area contributed by atoms with Crippen LogP contribution in [0.3, 0.4) is 0 Å². The Balaban J connectivity index is 1.71. The van der Waals surface area contributed by atoms with E-state index in [0.29, 0.717) is 17.4 Å². The lowest BCUT2D eigenvalue weighted by molar-refractivity contribution is 0.429. The first kappa shape index (κ1) is 17.8. The zero-order valence-electron chi connectivity index (χ0n) is 15.0. The third-order valence-corrected chi connectivity index (χ3v) is 7.80. The van der Waals surface area contributed by atoms with Crippen LogP contribution in [0.5, 0.6) is 0 Å². The second-order valence-corrected chi connectivity index (χ2v) is 10.2. The molecular formula is C20H24N2O2S2. The molecule has 1 aromatic carbocycles. The maximum Gasteiger partial charge on any atom is 0.240 e. The van der Waals surface area contributed by atoms with Crippen LogP contribution >= 0.6 is 11.3 Å². The highest BCUT2D eigenvalue weighted by molar-refractivity contribution is 7.89. The van der Waals surface area contributed by atoms with Gasteiger partial charge in [0, 0.05) is 27.9 Å². The Kier molecular flexibility index (Phi) is 4.67. The van der Waals surface area contributed by atoms with Gasteiger partial charge in [0.2, 0.25) is 10.0 Å². The summed E-state index contributed by atoms with van der Waals surface area (Å²) in [7, 11) is -3.45. The topological polar surface area (TPSA) is 58.2 Å². The van der Waals surface area contributed by atoms with Crippen LogP contribution in [-0.4, -0.2) is 15.0 Å². The van der Waals surface area contributed by atoms with Gasteiger partial charge in [-0.25, -0.2) is 13.1 Å². The maximum atomic E-state index is 12.5. The molecule has 2 heterocycles. The number of anilines is 1. The van der Waals surface area contributed by atoms with Gasteiger partial charge in [0.25, 0.3) is 0 Å². The summed E-state index contributed by atoms with van der Waals surface area (Å²) >= 11 is 1.84. The van der Waals surface area contributed by atoms with Crippen molar-refractivity contribution >= 4 is 27.0 Å². The predicted molar refractivity (Wildman–Crippen MR) is 107 cm³/mol. The molecule has 1 aliphatic carbocycles. The number of thiophene rings is 1. The van der Waals surface area contributed by atoms with Gasteiger partial charge in [0.15, 0.2) is 0 Å². The molecule has 3 atom stereocenters.